The quantitative estimate of drug-likeness (QED) is 0.464. The van der Waals surface area contributed by atoms with E-state index in [4.69, 9.17) is 14.2 Å². The van der Waals surface area contributed by atoms with E-state index in [9.17, 15) is 4.79 Å². The first-order valence-electron chi connectivity index (χ1n) is 7.20. The van der Waals surface area contributed by atoms with Gasteiger partial charge in [-0.2, -0.15) is 0 Å². The minimum atomic E-state index is -0.386. The molecule has 5 nitrogen and oxygen atoms in total. The van der Waals surface area contributed by atoms with Gasteiger partial charge in [-0.05, 0) is 36.4 Å². The third-order valence-corrected chi connectivity index (χ3v) is 3.12. The lowest BCUT2D eigenvalue weighted by atomic mass is 10.2. The molecule has 23 heavy (non-hydrogen) atoms. The van der Waals surface area contributed by atoms with Crippen LogP contribution in [0.15, 0.2) is 59.6 Å². The Kier molecular flexibility index (Phi) is 6.17. The molecule has 2 aromatic rings. The maximum atomic E-state index is 11.9. The number of ether oxygens (including phenoxy) is 3. The Morgan fingerprint density at radius 1 is 1.00 bits per heavy atom. The van der Waals surface area contributed by atoms with Gasteiger partial charge >= 0.3 is 5.97 Å². The summed E-state index contributed by atoms with van der Waals surface area (Å²) in [7, 11) is 3.12. The number of hydrogen-bond acceptors (Lipinski definition) is 5. The van der Waals surface area contributed by atoms with E-state index in [0.717, 1.165) is 5.69 Å². The zero-order chi connectivity index (χ0) is 16.5. The standard InChI is InChI=1S/C18H19NO4/c1-21-16-10-8-14(9-11-16)18(20)23-13-12-17(22-2)19-15-6-4-3-5-7-15/h3-11H,12-13H2,1-2H3. The van der Waals surface area contributed by atoms with Gasteiger partial charge in [0.1, 0.15) is 12.4 Å². The lowest BCUT2D eigenvalue weighted by Gasteiger charge is -2.07. The molecule has 0 saturated carbocycles. The molecule has 5 heteroatoms. The highest BCUT2D eigenvalue weighted by atomic mass is 16.5. The fourth-order valence-electron chi connectivity index (χ4n) is 1.89. The van der Waals surface area contributed by atoms with Crippen LogP contribution in [-0.4, -0.2) is 32.7 Å². The summed E-state index contributed by atoms with van der Waals surface area (Å²) >= 11 is 0. The number of nitrogens with zero attached hydrogens (tertiary/aromatic N) is 1. The molecular weight excluding hydrogens is 294 g/mol. The molecule has 0 aliphatic rings. The molecular formula is C18H19NO4. The third-order valence-electron chi connectivity index (χ3n) is 3.12. The molecule has 0 radical (unpaired) electrons. The molecule has 0 bridgehead atoms. The second-order valence-electron chi connectivity index (χ2n) is 4.66. The molecule has 0 aliphatic heterocycles. The summed E-state index contributed by atoms with van der Waals surface area (Å²) in [5, 5.41) is 0. The first-order chi connectivity index (χ1) is 11.2. The Balaban J connectivity index is 1.87. The van der Waals surface area contributed by atoms with Crippen LogP contribution in [-0.2, 0) is 9.47 Å². The Bertz CT molecular complexity index is 650. The summed E-state index contributed by atoms with van der Waals surface area (Å²) in [4.78, 5) is 16.3. The van der Waals surface area contributed by atoms with Gasteiger partial charge in [-0.1, -0.05) is 18.2 Å². The second-order valence-corrected chi connectivity index (χ2v) is 4.66. The van der Waals surface area contributed by atoms with E-state index in [0.29, 0.717) is 23.6 Å². The molecule has 0 saturated heterocycles. The molecule has 0 heterocycles. The first-order valence-corrected chi connectivity index (χ1v) is 7.20. The van der Waals surface area contributed by atoms with Crippen molar-refractivity contribution in [1.29, 1.82) is 0 Å². The number of methoxy groups -OCH3 is 2. The highest BCUT2D eigenvalue weighted by molar-refractivity contribution is 5.89. The third kappa shape index (κ3) is 5.14. The highest BCUT2D eigenvalue weighted by Gasteiger charge is 2.08. The van der Waals surface area contributed by atoms with E-state index < -0.39 is 0 Å². The lowest BCUT2D eigenvalue weighted by Crippen LogP contribution is -2.11. The predicted octanol–water partition coefficient (Wildman–Crippen LogP) is 3.62. The fraction of sp³-hybridized carbons (Fsp3) is 0.222. The van der Waals surface area contributed by atoms with Crippen molar-refractivity contribution in [3.05, 3.63) is 60.2 Å². The number of benzene rings is 2. The van der Waals surface area contributed by atoms with Gasteiger partial charge in [-0.3, -0.25) is 0 Å². The van der Waals surface area contributed by atoms with Crippen LogP contribution < -0.4 is 4.74 Å². The number of para-hydroxylation sites is 1. The Hall–Kier alpha value is -2.82. The van der Waals surface area contributed by atoms with Crippen molar-refractivity contribution < 1.29 is 19.0 Å². The average molecular weight is 313 g/mol. The summed E-state index contributed by atoms with van der Waals surface area (Å²) in [6.07, 6.45) is 0.410. The fourth-order valence-corrected chi connectivity index (χ4v) is 1.89. The normalized spacial score (nSPS) is 11.0. The Morgan fingerprint density at radius 3 is 2.30 bits per heavy atom. The molecule has 0 aliphatic carbocycles. The number of hydrogen-bond donors (Lipinski definition) is 0. The minimum Gasteiger partial charge on any atom is -0.497 e. The maximum absolute atomic E-state index is 11.9. The van der Waals surface area contributed by atoms with Crippen molar-refractivity contribution in [2.75, 3.05) is 20.8 Å². The summed E-state index contributed by atoms with van der Waals surface area (Å²) < 4.78 is 15.5. The zero-order valence-corrected chi connectivity index (χ0v) is 13.2. The van der Waals surface area contributed by atoms with E-state index in [1.807, 2.05) is 30.3 Å². The van der Waals surface area contributed by atoms with Crippen molar-refractivity contribution >= 4 is 17.6 Å². The van der Waals surface area contributed by atoms with Crippen LogP contribution in [0.5, 0.6) is 5.75 Å². The van der Waals surface area contributed by atoms with Crippen LogP contribution in [0.3, 0.4) is 0 Å². The molecule has 0 unspecified atom stereocenters. The van der Waals surface area contributed by atoms with E-state index in [-0.39, 0.29) is 12.6 Å². The molecule has 2 aromatic carbocycles. The van der Waals surface area contributed by atoms with Crippen molar-refractivity contribution in [1.82, 2.24) is 0 Å². The van der Waals surface area contributed by atoms with Gasteiger partial charge in [-0.15, -0.1) is 0 Å². The van der Waals surface area contributed by atoms with Crippen molar-refractivity contribution in [3.8, 4) is 5.75 Å². The SMILES string of the molecule is COC(CCOC(=O)c1ccc(OC)cc1)=Nc1ccccc1. The first kappa shape index (κ1) is 16.5. The summed E-state index contributed by atoms with van der Waals surface area (Å²) in [6, 6.07) is 16.2. The Morgan fingerprint density at radius 2 is 1.70 bits per heavy atom. The number of rotatable bonds is 6. The minimum absolute atomic E-state index is 0.199. The van der Waals surface area contributed by atoms with Gasteiger partial charge in [0.25, 0.3) is 0 Å². The second kappa shape index (κ2) is 8.58. The molecule has 0 atom stereocenters. The highest BCUT2D eigenvalue weighted by Crippen LogP contribution is 2.13. The van der Waals surface area contributed by atoms with Gasteiger partial charge in [0.05, 0.1) is 31.9 Å². The number of esters is 1. The van der Waals surface area contributed by atoms with Crippen molar-refractivity contribution in [2.24, 2.45) is 4.99 Å². The monoisotopic (exact) mass is 313 g/mol. The molecule has 0 fully saturated rings. The van der Waals surface area contributed by atoms with Crippen LogP contribution >= 0.6 is 0 Å². The molecule has 2 rings (SSSR count). The van der Waals surface area contributed by atoms with Crippen LogP contribution in [0.4, 0.5) is 5.69 Å². The molecule has 0 amide bonds. The van der Waals surface area contributed by atoms with Gasteiger partial charge in [-0.25, -0.2) is 9.79 Å². The number of carbonyl (C=O) groups excluding carboxylic acids is 1. The molecule has 0 N–H and O–H groups in total. The number of aliphatic imine (C=N–C) groups is 1. The van der Waals surface area contributed by atoms with Crippen molar-refractivity contribution in [2.45, 2.75) is 6.42 Å². The molecule has 0 aromatic heterocycles. The lowest BCUT2D eigenvalue weighted by molar-refractivity contribution is 0.0511. The molecule has 0 spiro atoms. The van der Waals surface area contributed by atoms with E-state index in [1.165, 1.54) is 0 Å². The van der Waals surface area contributed by atoms with Gasteiger partial charge in [0, 0.05) is 0 Å². The van der Waals surface area contributed by atoms with E-state index in [1.54, 1.807) is 38.5 Å². The van der Waals surface area contributed by atoms with Crippen molar-refractivity contribution in [3.63, 3.8) is 0 Å². The maximum Gasteiger partial charge on any atom is 0.338 e. The van der Waals surface area contributed by atoms with Gasteiger partial charge in [0.2, 0.25) is 0 Å². The van der Waals surface area contributed by atoms with E-state index in [2.05, 4.69) is 4.99 Å². The van der Waals surface area contributed by atoms with Crippen LogP contribution in [0.25, 0.3) is 0 Å². The van der Waals surface area contributed by atoms with Crippen LogP contribution in [0.2, 0.25) is 0 Å². The summed E-state index contributed by atoms with van der Waals surface area (Å²) in [5.41, 5.74) is 1.27. The predicted molar refractivity (Wildman–Crippen MR) is 88.4 cm³/mol. The summed E-state index contributed by atoms with van der Waals surface area (Å²) in [6.45, 7) is 0.199. The van der Waals surface area contributed by atoms with E-state index >= 15 is 0 Å². The topological polar surface area (TPSA) is 57.1 Å². The summed E-state index contributed by atoms with van der Waals surface area (Å²) in [5.74, 6) is 0.819. The molecule has 120 valence electrons. The van der Waals surface area contributed by atoms with Gasteiger partial charge in [0.15, 0.2) is 5.90 Å². The zero-order valence-electron chi connectivity index (χ0n) is 13.2. The Labute approximate surface area is 135 Å². The number of carbonyl (C=O) groups is 1. The largest absolute Gasteiger partial charge is 0.497 e. The van der Waals surface area contributed by atoms with Crippen LogP contribution in [0, 0.1) is 0 Å². The van der Waals surface area contributed by atoms with Gasteiger partial charge < -0.3 is 14.2 Å². The average Bonchev–Trinajstić information content (AvgIpc) is 2.61. The smallest absolute Gasteiger partial charge is 0.338 e. The van der Waals surface area contributed by atoms with Crippen LogP contribution in [0.1, 0.15) is 16.8 Å².